The Bertz CT molecular complexity index is 486. The van der Waals surface area contributed by atoms with Crippen LogP contribution in [0.3, 0.4) is 0 Å². The molecule has 0 radical (unpaired) electrons. The molecule has 1 saturated carbocycles. The summed E-state index contributed by atoms with van der Waals surface area (Å²) in [6, 6.07) is -0.571. The van der Waals surface area contributed by atoms with Crippen molar-refractivity contribution in [3.05, 3.63) is 18.2 Å². The van der Waals surface area contributed by atoms with Crippen LogP contribution in [0.4, 0.5) is 4.79 Å². The first-order chi connectivity index (χ1) is 9.58. The number of nitrogens with one attached hydrogen (secondary N) is 2. The molecule has 1 aromatic heterocycles. The SMILES string of the molecule is Cn1ccnc1CCNC(=O)NC1CCCC1C(=O)O. The maximum Gasteiger partial charge on any atom is 0.315 e. The number of nitrogens with zero attached hydrogens (tertiary/aromatic N) is 2. The van der Waals surface area contributed by atoms with Gasteiger partial charge in [-0.05, 0) is 12.8 Å². The number of carbonyl (C=O) groups excluding carboxylic acids is 1. The first-order valence-electron chi connectivity index (χ1n) is 6.81. The van der Waals surface area contributed by atoms with Gasteiger partial charge in [-0.2, -0.15) is 0 Å². The maximum absolute atomic E-state index is 11.7. The quantitative estimate of drug-likeness (QED) is 0.732. The number of carboxylic acid groups (broad SMARTS) is 1. The van der Waals surface area contributed by atoms with Gasteiger partial charge < -0.3 is 20.3 Å². The zero-order valence-corrected chi connectivity index (χ0v) is 11.5. The Hall–Kier alpha value is -2.05. The Labute approximate surface area is 117 Å². The van der Waals surface area contributed by atoms with Crippen LogP contribution in [-0.4, -0.2) is 39.2 Å². The van der Waals surface area contributed by atoms with E-state index in [1.807, 2.05) is 17.8 Å². The zero-order chi connectivity index (χ0) is 14.5. The fourth-order valence-corrected chi connectivity index (χ4v) is 2.57. The number of imidazole rings is 1. The first kappa shape index (κ1) is 14.4. The van der Waals surface area contributed by atoms with Crippen molar-refractivity contribution < 1.29 is 14.7 Å². The van der Waals surface area contributed by atoms with E-state index in [9.17, 15) is 9.59 Å². The summed E-state index contributed by atoms with van der Waals surface area (Å²) in [5.74, 6) is -0.398. The van der Waals surface area contributed by atoms with Crippen molar-refractivity contribution in [2.75, 3.05) is 6.54 Å². The summed E-state index contributed by atoms with van der Waals surface area (Å²) in [5.41, 5.74) is 0. The van der Waals surface area contributed by atoms with Crippen LogP contribution in [0.2, 0.25) is 0 Å². The number of hydrogen-bond donors (Lipinski definition) is 3. The summed E-state index contributed by atoms with van der Waals surface area (Å²) in [6.45, 7) is 0.473. The molecule has 3 N–H and O–H groups in total. The summed E-state index contributed by atoms with van der Waals surface area (Å²) in [4.78, 5) is 26.9. The summed E-state index contributed by atoms with van der Waals surface area (Å²) < 4.78 is 1.90. The highest BCUT2D eigenvalue weighted by atomic mass is 16.4. The molecule has 1 heterocycles. The van der Waals surface area contributed by atoms with Crippen LogP contribution in [0, 0.1) is 5.92 Å². The standard InChI is InChI=1S/C13H20N4O3/c1-17-8-7-14-11(17)5-6-15-13(20)16-10-4-2-3-9(10)12(18)19/h7-10H,2-6H2,1H3,(H,18,19)(H2,15,16,20). The van der Waals surface area contributed by atoms with Gasteiger partial charge in [0.2, 0.25) is 0 Å². The fraction of sp³-hybridized carbons (Fsp3) is 0.615. The average molecular weight is 280 g/mol. The van der Waals surface area contributed by atoms with E-state index in [2.05, 4.69) is 15.6 Å². The molecule has 2 amide bonds. The van der Waals surface area contributed by atoms with E-state index < -0.39 is 11.9 Å². The van der Waals surface area contributed by atoms with E-state index in [-0.39, 0.29) is 12.1 Å². The van der Waals surface area contributed by atoms with Gasteiger partial charge in [0.25, 0.3) is 0 Å². The van der Waals surface area contributed by atoms with Crippen LogP contribution < -0.4 is 10.6 Å². The van der Waals surface area contributed by atoms with Crippen molar-refractivity contribution in [3.63, 3.8) is 0 Å². The van der Waals surface area contributed by atoms with Crippen molar-refractivity contribution in [2.24, 2.45) is 13.0 Å². The zero-order valence-electron chi connectivity index (χ0n) is 11.5. The Balaban J connectivity index is 1.73. The molecular formula is C13H20N4O3. The van der Waals surface area contributed by atoms with Gasteiger partial charge in [0.1, 0.15) is 5.82 Å². The van der Waals surface area contributed by atoms with Crippen molar-refractivity contribution in [1.29, 1.82) is 0 Å². The van der Waals surface area contributed by atoms with Gasteiger partial charge in [-0.1, -0.05) is 6.42 Å². The smallest absolute Gasteiger partial charge is 0.315 e. The van der Waals surface area contributed by atoms with E-state index in [4.69, 9.17) is 5.11 Å². The maximum atomic E-state index is 11.7. The molecule has 1 aromatic rings. The van der Waals surface area contributed by atoms with Crippen LogP contribution in [0.5, 0.6) is 0 Å². The second-order valence-corrected chi connectivity index (χ2v) is 5.09. The van der Waals surface area contributed by atoms with Crippen molar-refractivity contribution >= 4 is 12.0 Å². The van der Waals surface area contributed by atoms with Crippen LogP contribution >= 0.6 is 0 Å². The van der Waals surface area contributed by atoms with E-state index >= 15 is 0 Å². The van der Waals surface area contributed by atoms with E-state index in [0.717, 1.165) is 18.7 Å². The van der Waals surface area contributed by atoms with Crippen molar-refractivity contribution in [1.82, 2.24) is 20.2 Å². The predicted octanol–water partition coefficient (Wildman–Crippen LogP) is 0.515. The van der Waals surface area contributed by atoms with Crippen LogP contribution in [-0.2, 0) is 18.3 Å². The van der Waals surface area contributed by atoms with Crippen LogP contribution in [0.1, 0.15) is 25.1 Å². The molecule has 1 aliphatic carbocycles. The number of carbonyl (C=O) groups is 2. The minimum atomic E-state index is -0.833. The van der Waals surface area contributed by atoms with E-state index in [0.29, 0.717) is 19.4 Å². The second kappa shape index (κ2) is 6.40. The molecule has 7 heteroatoms. The molecule has 2 rings (SSSR count). The molecule has 0 aromatic carbocycles. The highest BCUT2D eigenvalue weighted by molar-refractivity contribution is 5.77. The topological polar surface area (TPSA) is 96.3 Å². The number of aromatic nitrogens is 2. The van der Waals surface area contributed by atoms with Gasteiger partial charge in [0, 0.05) is 38.4 Å². The summed E-state index contributed by atoms with van der Waals surface area (Å²) in [6.07, 6.45) is 6.41. The number of hydrogen-bond acceptors (Lipinski definition) is 3. The lowest BCUT2D eigenvalue weighted by Gasteiger charge is -2.17. The molecule has 20 heavy (non-hydrogen) atoms. The Morgan fingerprint density at radius 2 is 2.30 bits per heavy atom. The Morgan fingerprint density at radius 3 is 2.95 bits per heavy atom. The molecule has 0 saturated heterocycles. The lowest BCUT2D eigenvalue weighted by molar-refractivity contribution is -0.142. The third kappa shape index (κ3) is 3.49. The number of carboxylic acids is 1. The molecule has 110 valence electrons. The van der Waals surface area contributed by atoms with Gasteiger partial charge >= 0.3 is 12.0 Å². The summed E-state index contributed by atoms with van der Waals surface area (Å²) >= 11 is 0. The lowest BCUT2D eigenvalue weighted by atomic mass is 10.0. The molecule has 0 spiro atoms. The van der Waals surface area contributed by atoms with Crippen LogP contribution in [0.15, 0.2) is 12.4 Å². The Morgan fingerprint density at radius 1 is 1.50 bits per heavy atom. The highest BCUT2D eigenvalue weighted by Crippen LogP contribution is 2.25. The molecule has 7 nitrogen and oxygen atoms in total. The molecule has 1 fully saturated rings. The number of rotatable bonds is 5. The van der Waals surface area contributed by atoms with Gasteiger partial charge in [-0.3, -0.25) is 4.79 Å². The van der Waals surface area contributed by atoms with E-state index in [1.54, 1.807) is 6.20 Å². The van der Waals surface area contributed by atoms with Gasteiger partial charge in [-0.25, -0.2) is 9.78 Å². The largest absolute Gasteiger partial charge is 0.481 e. The fourth-order valence-electron chi connectivity index (χ4n) is 2.57. The first-order valence-corrected chi connectivity index (χ1v) is 6.81. The molecular weight excluding hydrogens is 260 g/mol. The van der Waals surface area contributed by atoms with Crippen LogP contribution in [0.25, 0.3) is 0 Å². The minimum Gasteiger partial charge on any atom is -0.481 e. The number of aryl methyl sites for hydroxylation is 1. The second-order valence-electron chi connectivity index (χ2n) is 5.09. The number of amides is 2. The highest BCUT2D eigenvalue weighted by Gasteiger charge is 2.33. The van der Waals surface area contributed by atoms with E-state index in [1.165, 1.54) is 0 Å². The molecule has 2 atom stereocenters. The third-order valence-electron chi connectivity index (χ3n) is 3.70. The molecule has 1 aliphatic rings. The van der Waals surface area contributed by atoms with Crippen molar-refractivity contribution in [2.45, 2.75) is 31.7 Å². The molecule has 0 aliphatic heterocycles. The predicted molar refractivity (Wildman–Crippen MR) is 72.2 cm³/mol. The number of aliphatic carboxylic acids is 1. The van der Waals surface area contributed by atoms with Gasteiger partial charge in [0.05, 0.1) is 5.92 Å². The third-order valence-corrected chi connectivity index (χ3v) is 3.70. The molecule has 0 bridgehead atoms. The molecule has 2 unspecified atom stereocenters. The summed E-state index contributed by atoms with van der Waals surface area (Å²) in [7, 11) is 1.90. The number of urea groups is 1. The normalized spacial score (nSPS) is 21.6. The lowest BCUT2D eigenvalue weighted by Crippen LogP contribution is -2.45. The minimum absolute atomic E-state index is 0.263. The van der Waals surface area contributed by atoms with Gasteiger partial charge in [0.15, 0.2) is 0 Å². The van der Waals surface area contributed by atoms with Gasteiger partial charge in [-0.15, -0.1) is 0 Å². The monoisotopic (exact) mass is 280 g/mol. The van der Waals surface area contributed by atoms with Crippen molar-refractivity contribution in [3.8, 4) is 0 Å². The Kier molecular flexibility index (Phi) is 4.60. The summed E-state index contributed by atoms with van der Waals surface area (Å²) in [5, 5.41) is 14.5. The average Bonchev–Trinajstić information content (AvgIpc) is 2.99.